The number of aromatic nitrogens is 2. The number of allylic oxidation sites excluding steroid dienone is 2. The number of nitrogens with zero attached hydrogens (tertiary/aromatic N) is 4. The Morgan fingerprint density at radius 2 is 1.68 bits per heavy atom. The molecule has 0 radical (unpaired) electrons. The van der Waals surface area contributed by atoms with Crippen LogP contribution in [-0.2, 0) is 36.1 Å². The molecule has 1 aromatic heterocycles. The van der Waals surface area contributed by atoms with Gasteiger partial charge >= 0.3 is 12.4 Å². The molecular weight excluding hydrogens is 638 g/mol. The molecule has 1 aliphatic heterocycles. The fraction of sp³-hybridized carbons (Fsp3) is 0.393. The summed E-state index contributed by atoms with van der Waals surface area (Å²) in [5.41, 5.74) is -0.736. The SMILES string of the molecule is CCN1C(=CC=Cc2n(CCC(C)S(=O)(=O)O)c3cc(C(F)(F)F)ccc3[n+]2C)N(CCO)c2cc(C(F)(F)F)c(Cl)cc21. The van der Waals surface area contributed by atoms with E-state index < -0.39 is 43.9 Å². The summed E-state index contributed by atoms with van der Waals surface area (Å²) in [5.74, 6) is 0.807. The van der Waals surface area contributed by atoms with Crippen molar-refractivity contribution in [2.45, 2.75) is 44.4 Å². The first-order chi connectivity index (χ1) is 20.4. The van der Waals surface area contributed by atoms with Crippen molar-refractivity contribution < 1.29 is 49.0 Å². The number of imidazole rings is 1. The molecule has 4 rings (SSSR count). The summed E-state index contributed by atoms with van der Waals surface area (Å²) < 4.78 is 117. The highest BCUT2D eigenvalue weighted by molar-refractivity contribution is 7.86. The number of aryl methyl sites for hydroxylation is 2. The van der Waals surface area contributed by atoms with Crippen LogP contribution in [0.5, 0.6) is 0 Å². The number of β-amino-alcohol motifs (C(OH)–C–C–N with tert-alkyl or cyclic N) is 1. The number of hydrogen-bond acceptors (Lipinski definition) is 5. The summed E-state index contributed by atoms with van der Waals surface area (Å²) in [4.78, 5) is 3.22. The molecule has 44 heavy (non-hydrogen) atoms. The van der Waals surface area contributed by atoms with E-state index in [0.29, 0.717) is 29.4 Å². The Balaban J connectivity index is 1.82. The predicted molar refractivity (Wildman–Crippen MR) is 155 cm³/mol. The molecular formula is C28H30ClF6N4O4S+. The van der Waals surface area contributed by atoms with Crippen LogP contribution in [0, 0.1) is 0 Å². The van der Waals surface area contributed by atoms with Crippen molar-refractivity contribution in [1.29, 1.82) is 0 Å². The number of alkyl halides is 6. The number of benzene rings is 2. The second-order valence-electron chi connectivity index (χ2n) is 10.2. The molecule has 2 N–H and O–H groups in total. The van der Waals surface area contributed by atoms with Crippen molar-refractivity contribution in [3.63, 3.8) is 0 Å². The Morgan fingerprint density at radius 3 is 2.25 bits per heavy atom. The molecule has 0 saturated heterocycles. The molecule has 240 valence electrons. The third kappa shape index (κ3) is 6.55. The molecule has 16 heteroatoms. The van der Waals surface area contributed by atoms with Gasteiger partial charge in [-0.05, 0) is 44.2 Å². The van der Waals surface area contributed by atoms with Crippen molar-refractivity contribution in [2.75, 3.05) is 29.5 Å². The van der Waals surface area contributed by atoms with Gasteiger partial charge in [0.05, 0.1) is 53.0 Å². The topological polar surface area (TPSA) is 89.9 Å². The minimum Gasteiger partial charge on any atom is -0.395 e. The average Bonchev–Trinajstić information content (AvgIpc) is 3.35. The Hall–Kier alpha value is -3.27. The van der Waals surface area contributed by atoms with Gasteiger partial charge in [-0.25, -0.2) is 9.13 Å². The standard InChI is InChI=1S/C28H29ClF6N4O4S/c1-4-37-24-16-20(29)19(28(33,34)35)15-23(24)39(12-13-40)26(37)7-5-6-25-36(3)21-9-8-18(27(30,31)32)14-22(21)38(25)11-10-17(2)44(41,42)43/h5-9,14-17,40H,4,10-13H2,1-3H3/p+1. The number of aliphatic hydroxyl groups is 1. The van der Waals surface area contributed by atoms with Crippen LogP contribution >= 0.6 is 11.6 Å². The lowest BCUT2D eigenvalue weighted by Gasteiger charge is -2.23. The Kier molecular flexibility index (Phi) is 9.37. The first kappa shape index (κ1) is 33.6. The molecule has 1 atom stereocenters. The Morgan fingerprint density at radius 1 is 1.02 bits per heavy atom. The summed E-state index contributed by atoms with van der Waals surface area (Å²) in [6.07, 6.45) is -4.73. The fourth-order valence-electron chi connectivity index (χ4n) is 5.19. The van der Waals surface area contributed by atoms with Gasteiger partial charge in [-0.15, -0.1) is 0 Å². The third-order valence-electron chi connectivity index (χ3n) is 7.48. The minimum absolute atomic E-state index is 0.0378. The lowest BCUT2D eigenvalue weighted by Crippen LogP contribution is -2.31. The Bertz CT molecular complexity index is 1730. The number of hydrogen-bond donors (Lipinski definition) is 2. The maximum absolute atomic E-state index is 13.6. The van der Waals surface area contributed by atoms with Crippen molar-refractivity contribution >= 4 is 50.2 Å². The van der Waals surface area contributed by atoms with Crippen LogP contribution in [0.25, 0.3) is 17.1 Å². The maximum atomic E-state index is 13.6. The second kappa shape index (κ2) is 12.3. The maximum Gasteiger partial charge on any atom is 0.417 e. The van der Waals surface area contributed by atoms with Gasteiger partial charge in [-0.2, -0.15) is 34.8 Å². The van der Waals surface area contributed by atoms with Crippen LogP contribution in [0.15, 0.2) is 48.3 Å². The van der Waals surface area contributed by atoms with Crippen LogP contribution in [-0.4, -0.2) is 47.6 Å². The lowest BCUT2D eigenvalue weighted by molar-refractivity contribution is -0.647. The van der Waals surface area contributed by atoms with Crippen molar-refractivity contribution in [3.05, 3.63) is 70.3 Å². The van der Waals surface area contributed by atoms with Gasteiger partial charge in [-0.3, -0.25) is 4.55 Å². The molecule has 1 unspecified atom stereocenters. The molecule has 2 heterocycles. The van der Waals surface area contributed by atoms with E-state index in [4.69, 9.17) is 11.6 Å². The monoisotopic (exact) mass is 667 g/mol. The van der Waals surface area contributed by atoms with Crippen molar-refractivity contribution in [1.82, 2.24) is 4.57 Å². The van der Waals surface area contributed by atoms with Gasteiger partial charge in [0, 0.05) is 31.7 Å². The predicted octanol–water partition coefficient (Wildman–Crippen LogP) is 6.02. The summed E-state index contributed by atoms with van der Waals surface area (Å²) in [6, 6.07) is 5.33. The van der Waals surface area contributed by atoms with E-state index in [1.165, 1.54) is 28.5 Å². The first-order valence-corrected chi connectivity index (χ1v) is 15.3. The van der Waals surface area contributed by atoms with E-state index in [0.717, 1.165) is 18.2 Å². The average molecular weight is 668 g/mol. The zero-order valence-corrected chi connectivity index (χ0v) is 25.4. The molecule has 3 aromatic rings. The fourth-order valence-corrected chi connectivity index (χ4v) is 5.85. The molecule has 0 spiro atoms. The molecule has 0 aliphatic carbocycles. The van der Waals surface area contributed by atoms with E-state index in [2.05, 4.69) is 0 Å². The largest absolute Gasteiger partial charge is 0.417 e. The summed E-state index contributed by atoms with van der Waals surface area (Å²) in [6.45, 7) is 2.92. The van der Waals surface area contributed by atoms with Gasteiger partial charge < -0.3 is 14.9 Å². The normalized spacial score (nSPS) is 16.1. The first-order valence-electron chi connectivity index (χ1n) is 13.4. The van der Waals surface area contributed by atoms with Crippen LogP contribution < -0.4 is 14.4 Å². The van der Waals surface area contributed by atoms with Gasteiger partial charge in [0.1, 0.15) is 5.82 Å². The molecule has 0 fully saturated rings. The van der Waals surface area contributed by atoms with Crippen LogP contribution in [0.1, 0.15) is 37.2 Å². The number of fused-ring (bicyclic) bond motifs is 2. The van der Waals surface area contributed by atoms with E-state index >= 15 is 0 Å². The van der Waals surface area contributed by atoms with E-state index in [1.807, 2.05) is 0 Å². The molecule has 8 nitrogen and oxygen atoms in total. The third-order valence-corrected chi connectivity index (χ3v) is 9.04. The quantitative estimate of drug-likeness (QED) is 0.165. The van der Waals surface area contributed by atoms with E-state index in [1.54, 1.807) is 41.7 Å². The highest BCUT2D eigenvalue weighted by Crippen LogP contribution is 2.47. The summed E-state index contributed by atoms with van der Waals surface area (Å²) in [7, 11) is -2.77. The van der Waals surface area contributed by atoms with Crippen LogP contribution in [0.2, 0.25) is 5.02 Å². The number of halogens is 7. The molecule has 2 aromatic carbocycles. The lowest BCUT2D eigenvalue weighted by atomic mass is 10.1. The smallest absolute Gasteiger partial charge is 0.395 e. The van der Waals surface area contributed by atoms with E-state index in [9.17, 15) is 44.4 Å². The highest BCUT2D eigenvalue weighted by Gasteiger charge is 2.38. The van der Waals surface area contributed by atoms with Crippen molar-refractivity contribution in [3.8, 4) is 0 Å². The minimum atomic E-state index is -4.71. The van der Waals surface area contributed by atoms with Gasteiger partial charge in [0.15, 0.2) is 11.0 Å². The zero-order chi connectivity index (χ0) is 32.8. The number of rotatable bonds is 9. The highest BCUT2D eigenvalue weighted by atomic mass is 35.5. The van der Waals surface area contributed by atoms with Gasteiger partial charge in [0.2, 0.25) is 0 Å². The molecule has 1 aliphatic rings. The van der Waals surface area contributed by atoms with Gasteiger partial charge in [-0.1, -0.05) is 17.7 Å². The van der Waals surface area contributed by atoms with Crippen LogP contribution in [0.4, 0.5) is 37.7 Å². The number of anilines is 2. The molecule has 0 amide bonds. The Labute approximate surface area is 254 Å². The summed E-state index contributed by atoms with van der Waals surface area (Å²) >= 11 is 5.99. The number of aliphatic hydroxyl groups excluding tert-OH is 1. The van der Waals surface area contributed by atoms with Crippen LogP contribution in [0.3, 0.4) is 0 Å². The molecule has 0 saturated carbocycles. The van der Waals surface area contributed by atoms with E-state index in [-0.39, 0.29) is 37.3 Å². The zero-order valence-electron chi connectivity index (χ0n) is 23.8. The summed E-state index contributed by atoms with van der Waals surface area (Å²) in [5, 5.41) is 8.04. The molecule has 0 bridgehead atoms. The second-order valence-corrected chi connectivity index (χ2v) is 12.4. The van der Waals surface area contributed by atoms with Crippen molar-refractivity contribution in [2.24, 2.45) is 7.05 Å². The van der Waals surface area contributed by atoms with Gasteiger partial charge in [0.25, 0.3) is 15.9 Å².